The van der Waals surface area contributed by atoms with Crippen LogP contribution in [0.1, 0.15) is 36.6 Å². The maximum Gasteiger partial charge on any atom is 0.338 e. The summed E-state index contributed by atoms with van der Waals surface area (Å²) in [5, 5.41) is 3.22. The standard InChI is InChI=1S/C32H28ClN3O5S/c1-4-40-31(39)28-20(3)34-32-36(29(28)24-7-5-6-8-25(24)33)30(38)26(42-32)17-21-11-15-23(16-12-21)41-18-27(37)35-22-13-9-19(2)10-14-22/h5-17,29H,4,18H2,1-3H3,(H,35,37)/b26-17-/t29-/m0/s1. The average Bonchev–Trinajstić information content (AvgIpc) is 3.27. The number of carbonyl (C=O) groups is 2. The molecule has 0 aliphatic carbocycles. The molecule has 0 bridgehead atoms. The van der Waals surface area contributed by atoms with E-state index >= 15 is 0 Å². The summed E-state index contributed by atoms with van der Waals surface area (Å²) in [6.45, 7) is 5.48. The number of esters is 1. The number of allylic oxidation sites excluding steroid dienone is 1. The second-order valence-electron chi connectivity index (χ2n) is 9.60. The minimum absolute atomic E-state index is 0.143. The topological polar surface area (TPSA) is 99.0 Å². The Morgan fingerprint density at radius 1 is 1.05 bits per heavy atom. The molecule has 10 heteroatoms. The van der Waals surface area contributed by atoms with E-state index in [1.807, 2.05) is 37.3 Å². The Bertz CT molecular complexity index is 1860. The number of hydrogen-bond acceptors (Lipinski definition) is 7. The van der Waals surface area contributed by atoms with Gasteiger partial charge in [0.05, 0.1) is 22.4 Å². The number of benzene rings is 3. The minimum Gasteiger partial charge on any atom is -0.484 e. The van der Waals surface area contributed by atoms with Crippen molar-refractivity contribution in [1.29, 1.82) is 0 Å². The monoisotopic (exact) mass is 601 g/mol. The number of anilines is 1. The highest BCUT2D eigenvalue weighted by molar-refractivity contribution is 7.07. The number of nitrogens with zero attached hydrogens (tertiary/aromatic N) is 2. The molecule has 1 aromatic heterocycles. The summed E-state index contributed by atoms with van der Waals surface area (Å²) in [7, 11) is 0. The number of hydrogen-bond donors (Lipinski definition) is 1. The molecule has 0 saturated carbocycles. The highest BCUT2D eigenvalue weighted by Crippen LogP contribution is 2.34. The number of thiazole rings is 1. The first kappa shape index (κ1) is 29.0. The van der Waals surface area contributed by atoms with Crippen molar-refractivity contribution in [3.8, 4) is 5.75 Å². The summed E-state index contributed by atoms with van der Waals surface area (Å²) in [5.41, 5.74) is 3.62. The van der Waals surface area contributed by atoms with Crippen LogP contribution in [0, 0.1) is 6.92 Å². The molecule has 1 aliphatic heterocycles. The predicted octanol–water partition coefficient (Wildman–Crippen LogP) is 4.78. The molecule has 0 spiro atoms. The highest BCUT2D eigenvalue weighted by Gasteiger charge is 2.34. The zero-order valence-electron chi connectivity index (χ0n) is 23.2. The smallest absolute Gasteiger partial charge is 0.338 e. The summed E-state index contributed by atoms with van der Waals surface area (Å²) in [4.78, 5) is 44.1. The lowest BCUT2D eigenvalue weighted by Gasteiger charge is -2.25. The van der Waals surface area contributed by atoms with E-state index in [1.165, 1.54) is 15.9 Å². The van der Waals surface area contributed by atoms with Crippen LogP contribution in [0.15, 0.2) is 93.9 Å². The number of nitrogens with one attached hydrogen (secondary N) is 1. The SMILES string of the molecule is CCOC(=O)C1=C(C)N=c2s/c(=C\c3ccc(OCC(=O)Nc4ccc(C)cc4)cc3)c(=O)n2[C@H]1c1ccccc1Cl. The van der Waals surface area contributed by atoms with Crippen molar-refractivity contribution in [3.05, 3.63) is 125 Å². The highest BCUT2D eigenvalue weighted by atomic mass is 35.5. The largest absolute Gasteiger partial charge is 0.484 e. The van der Waals surface area contributed by atoms with Gasteiger partial charge in [0.25, 0.3) is 11.5 Å². The summed E-state index contributed by atoms with van der Waals surface area (Å²) in [6, 6.07) is 20.9. The third-order valence-corrected chi connectivity index (χ3v) is 7.93. The Kier molecular flexibility index (Phi) is 8.70. The first-order valence-corrected chi connectivity index (χ1v) is 14.5. The van der Waals surface area contributed by atoms with E-state index in [2.05, 4.69) is 10.3 Å². The van der Waals surface area contributed by atoms with Gasteiger partial charge in [-0.05, 0) is 68.3 Å². The second-order valence-corrected chi connectivity index (χ2v) is 11.0. The van der Waals surface area contributed by atoms with Crippen LogP contribution in [-0.4, -0.2) is 29.7 Å². The minimum atomic E-state index is -0.780. The van der Waals surface area contributed by atoms with Crippen LogP contribution in [0.3, 0.4) is 0 Å². The molecule has 2 heterocycles. The van der Waals surface area contributed by atoms with E-state index in [4.69, 9.17) is 21.1 Å². The van der Waals surface area contributed by atoms with Crippen LogP contribution < -0.4 is 24.9 Å². The van der Waals surface area contributed by atoms with Crippen LogP contribution in [-0.2, 0) is 14.3 Å². The van der Waals surface area contributed by atoms with Crippen LogP contribution in [0.5, 0.6) is 5.75 Å². The molecular weight excluding hydrogens is 574 g/mol. The lowest BCUT2D eigenvalue weighted by molar-refractivity contribution is -0.139. The van der Waals surface area contributed by atoms with Crippen molar-refractivity contribution in [1.82, 2.24) is 4.57 Å². The van der Waals surface area contributed by atoms with Crippen LogP contribution >= 0.6 is 22.9 Å². The quantitative estimate of drug-likeness (QED) is 0.293. The number of rotatable bonds is 8. The second kappa shape index (κ2) is 12.6. The van der Waals surface area contributed by atoms with Gasteiger partial charge in [-0.2, -0.15) is 0 Å². The van der Waals surface area contributed by atoms with Gasteiger partial charge in [0.15, 0.2) is 11.4 Å². The molecule has 3 aromatic carbocycles. The third kappa shape index (κ3) is 6.22. The molecule has 0 fully saturated rings. The Morgan fingerprint density at radius 2 is 1.76 bits per heavy atom. The molecule has 42 heavy (non-hydrogen) atoms. The fourth-order valence-electron chi connectivity index (χ4n) is 4.58. The summed E-state index contributed by atoms with van der Waals surface area (Å²) < 4.78 is 12.9. The normalized spacial score (nSPS) is 14.7. The van der Waals surface area contributed by atoms with E-state index in [0.717, 1.165) is 11.1 Å². The number of fused-ring (bicyclic) bond motifs is 1. The van der Waals surface area contributed by atoms with Crippen molar-refractivity contribution in [2.75, 3.05) is 18.5 Å². The molecule has 214 valence electrons. The van der Waals surface area contributed by atoms with Gasteiger partial charge in [-0.3, -0.25) is 14.2 Å². The first-order valence-electron chi connectivity index (χ1n) is 13.3. The van der Waals surface area contributed by atoms with Gasteiger partial charge in [0.2, 0.25) is 0 Å². The molecule has 1 aliphatic rings. The molecule has 0 saturated heterocycles. The van der Waals surface area contributed by atoms with Gasteiger partial charge in [-0.25, -0.2) is 9.79 Å². The molecule has 5 rings (SSSR count). The van der Waals surface area contributed by atoms with Gasteiger partial charge in [-0.15, -0.1) is 0 Å². The molecule has 0 unspecified atom stereocenters. The maximum atomic E-state index is 13.8. The Hall–Kier alpha value is -4.47. The lowest BCUT2D eigenvalue weighted by atomic mass is 9.96. The van der Waals surface area contributed by atoms with Gasteiger partial charge in [0, 0.05) is 10.7 Å². The molecule has 1 amide bonds. The number of aryl methyl sites for hydroxylation is 1. The number of amides is 1. The number of carbonyl (C=O) groups excluding carboxylic acids is 2. The van der Waals surface area contributed by atoms with Gasteiger partial charge in [0.1, 0.15) is 11.8 Å². The summed E-state index contributed by atoms with van der Waals surface area (Å²) in [5.74, 6) is -0.295. The van der Waals surface area contributed by atoms with Crippen LogP contribution in [0.25, 0.3) is 6.08 Å². The number of halogens is 1. The fourth-order valence-corrected chi connectivity index (χ4v) is 5.86. The van der Waals surface area contributed by atoms with Crippen molar-refractivity contribution in [2.45, 2.75) is 26.8 Å². The van der Waals surface area contributed by atoms with E-state index in [1.54, 1.807) is 62.4 Å². The van der Waals surface area contributed by atoms with E-state index in [0.29, 0.717) is 37.1 Å². The van der Waals surface area contributed by atoms with Crippen molar-refractivity contribution in [2.24, 2.45) is 4.99 Å². The lowest BCUT2D eigenvalue weighted by Crippen LogP contribution is -2.40. The summed E-state index contributed by atoms with van der Waals surface area (Å²) >= 11 is 7.78. The molecule has 1 N–H and O–H groups in total. The van der Waals surface area contributed by atoms with Crippen molar-refractivity contribution >= 4 is 46.6 Å². The molecule has 8 nitrogen and oxygen atoms in total. The average molecular weight is 602 g/mol. The summed E-state index contributed by atoms with van der Waals surface area (Å²) in [6.07, 6.45) is 1.75. The van der Waals surface area contributed by atoms with Crippen molar-refractivity contribution < 1.29 is 19.1 Å². The predicted molar refractivity (Wildman–Crippen MR) is 164 cm³/mol. The fraction of sp³-hybridized carbons (Fsp3) is 0.188. The van der Waals surface area contributed by atoms with Gasteiger partial charge in [-0.1, -0.05) is 71.0 Å². The maximum absolute atomic E-state index is 13.8. The van der Waals surface area contributed by atoms with Crippen LogP contribution in [0.2, 0.25) is 5.02 Å². The van der Waals surface area contributed by atoms with E-state index < -0.39 is 12.0 Å². The van der Waals surface area contributed by atoms with Crippen LogP contribution in [0.4, 0.5) is 5.69 Å². The Balaban J connectivity index is 1.40. The molecular formula is C32H28ClN3O5S. The molecule has 4 aromatic rings. The number of aromatic nitrogens is 1. The van der Waals surface area contributed by atoms with E-state index in [-0.39, 0.29) is 30.3 Å². The zero-order valence-corrected chi connectivity index (χ0v) is 24.8. The Labute approximate surface area is 251 Å². The zero-order chi connectivity index (χ0) is 29.8. The molecule has 0 radical (unpaired) electrons. The first-order chi connectivity index (χ1) is 20.2. The molecule has 1 atom stereocenters. The van der Waals surface area contributed by atoms with Crippen molar-refractivity contribution in [3.63, 3.8) is 0 Å². The Morgan fingerprint density at radius 3 is 2.45 bits per heavy atom. The van der Waals surface area contributed by atoms with E-state index in [9.17, 15) is 14.4 Å². The third-order valence-electron chi connectivity index (χ3n) is 6.60. The number of ether oxygens (including phenoxy) is 2. The van der Waals surface area contributed by atoms with Gasteiger partial charge < -0.3 is 14.8 Å². The van der Waals surface area contributed by atoms with Gasteiger partial charge >= 0.3 is 5.97 Å².